The van der Waals surface area contributed by atoms with E-state index in [0.29, 0.717) is 63.0 Å². The topological polar surface area (TPSA) is 231 Å². The van der Waals surface area contributed by atoms with E-state index in [9.17, 15) is 54.4 Å². The number of benzene rings is 3. The smallest absolute Gasteiger partial charge is 0.407 e. The highest BCUT2D eigenvalue weighted by Crippen LogP contribution is 2.39. The van der Waals surface area contributed by atoms with E-state index >= 15 is 0 Å². The lowest BCUT2D eigenvalue weighted by Crippen LogP contribution is -2.54. The van der Waals surface area contributed by atoms with Crippen LogP contribution in [0.5, 0.6) is 0 Å². The number of alkyl halides is 9. The van der Waals surface area contributed by atoms with Gasteiger partial charge in [-0.2, -0.15) is 55.3 Å². The van der Waals surface area contributed by atoms with Crippen LogP contribution in [0.4, 0.5) is 60.5 Å². The lowest BCUT2D eigenvalue weighted by Gasteiger charge is -2.40. The van der Waals surface area contributed by atoms with Crippen molar-refractivity contribution in [3.05, 3.63) is 113 Å². The number of anilines is 2. The summed E-state index contributed by atoms with van der Waals surface area (Å²) in [4.78, 5) is 39.4. The minimum absolute atomic E-state index is 0.0630. The van der Waals surface area contributed by atoms with Crippen molar-refractivity contribution in [1.82, 2.24) is 30.9 Å². The molecule has 0 saturated carbocycles. The van der Waals surface area contributed by atoms with Crippen LogP contribution < -0.4 is 31.5 Å². The second-order valence-electron chi connectivity index (χ2n) is 22.2. The van der Waals surface area contributed by atoms with Gasteiger partial charge in [0.25, 0.3) is 0 Å². The number of aromatic nitrogens is 3. The molecule has 448 valence electrons. The molecule has 6 unspecified atom stereocenters. The lowest BCUT2D eigenvalue weighted by atomic mass is 9.92. The van der Waals surface area contributed by atoms with Crippen molar-refractivity contribution in [2.75, 3.05) is 49.1 Å². The number of halogens is 10. The van der Waals surface area contributed by atoms with Gasteiger partial charge < -0.3 is 41.0 Å². The zero-order valence-electron chi connectivity index (χ0n) is 46.6. The molecule has 0 bridgehead atoms. The molecule has 9 rings (SSSR count). The maximum Gasteiger partial charge on any atom is 0.407 e. The summed E-state index contributed by atoms with van der Waals surface area (Å²) in [5.41, 5.74) is 8.65. The molecule has 0 spiro atoms. The summed E-state index contributed by atoms with van der Waals surface area (Å²) in [5.74, 6) is -4.49. The molecular weight excluding hydrogens is 1180 g/mol. The molecule has 6 aromatic rings. The molecule has 3 aliphatic rings. The highest BCUT2D eigenvalue weighted by Gasteiger charge is 2.47. The summed E-state index contributed by atoms with van der Waals surface area (Å²) in [6, 6.07) is 25.1. The predicted molar refractivity (Wildman–Crippen MR) is 301 cm³/mol. The molecule has 3 saturated heterocycles. The Morgan fingerprint density at radius 3 is 1.39 bits per heavy atom. The third-order valence-electron chi connectivity index (χ3n) is 13.4. The summed E-state index contributed by atoms with van der Waals surface area (Å²) in [6.07, 6.45) is -9.96. The molecule has 0 radical (unpaired) electrons. The molecule has 84 heavy (non-hydrogen) atoms. The molecule has 26 heteroatoms. The van der Waals surface area contributed by atoms with E-state index in [-0.39, 0.29) is 45.4 Å². The van der Waals surface area contributed by atoms with Gasteiger partial charge in [-0.1, -0.05) is 22.0 Å². The highest BCUT2D eigenvalue weighted by atomic mass is 79.9. The fourth-order valence-corrected chi connectivity index (χ4v) is 10.2. The largest absolute Gasteiger partial charge is 0.444 e. The Labute approximate surface area is 487 Å². The van der Waals surface area contributed by atoms with Crippen molar-refractivity contribution >= 4 is 72.2 Å². The van der Waals surface area contributed by atoms with E-state index in [1.165, 1.54) is 6.20 Å². The number of nitrogens with two attached hydrogens (primary N) is 1. The molecule has 3 aliphatic heterocycles. The van der Waals surface area contributed by atoms with Crippen LogP contribution in [0.2, 0.25) is 0 Å². The fraction of sp³-hybridized carbons (Fsp3) is 0.448. The molecule has 6 heterocycles. The standard InChI is InChI=1S/C21H23F3N4O2.C16H15F3N4.C11H19F3N2O2.C10H5BrN2/c1-20(2,3)30-19(29)27-15-9-14(21(22,23)24)11-28(12-15)17-7-6-13(10-25)18-16(17)5-4-8-26-18;17-16(18,19)11-6-12(21)9-23(8-11)14-4-3-10(7-20)15-13(14)2-1-5-22-15;1-10(2,3)18-9(17)16-8-4-7(5-15-6-8)11(12,13)14;11-9-4-3-7(6-12)10-8(9)2-1-5-13-10/h4-8,14-15H,9,11-12H2,1-3H3,(H,27,29);1-5,11-12H,6,8-9,21H2;7-8,15H,4-6H2,1-3H3,(H,16,17);1-5H. The number of nitrogens with one attached hydrogen (secondary N) is 3. The van der Waals surface area contributed by atoms with Gasteiger partial charge in [-0.25, -0.2) is 9.59 Å². The number of nitrogens with zero attached hydrogens (tertiary/aromatic N) is 8. The van der Waals surface area contributed by atoms with Crippen LogP contribution in [0.15, 0.2) is 95.9 Å². The number of hydrogen-bond acceptors (Lipinski definition) is 14. The number of nitriles is 3. The Bertz CT molecular complexity index is 3410. The number of piperidine rings is 3. The van der Waals surface area contributed by atoms with E-state index in [2.05, 4.69) is 65.0 Å². The third kappa shape index (κ3) is 18.1. The Morgan fingerprint density at radius 1 is 0.560 bits per heavy atom. The lowest BCUT2D eigenvalue weighted by molar-refractivity contribution is -0.180. The Balaban J connectivity index is 0.000000187. The Hall–Kier alpha value is -7.73. The molecule has 3 aromatic carbocycles. The monoisotopic (exact) mass is 1240 g/mol. The van der Waals surface area contributed by atoms with Crippen molar-refractivity contribution in [1.29, 1.82) is 15.8 Å². The van der Waals surface area contributed by atoms with Gasteiger partial charge in [0, 0.05) is 102 Å². The first-order valence-electron chi connectivity index (χ1n) is 26.4. The normalized spacial score (nSPS) is 20.2. The second kappa shape index (κ2) is 27.3. The maximum absolute atomic E-state index is 13.6. The first-order chi connectivity index (χ1) is 39.3. The first-order valence-corrected chi connectivity index (χ1v) is 27.2. The minimum Gasteiger partial charge on any atom is -0.444 e. The molecule has 6 atom stereocenters. The predicted octanol–water partition coefficient (Wildman–Crippen LogP) is 12.1. The van der Waals surface area contributed by atoms with Crippen LogP contribution in [0.25, 0.3) is 32.7 Å². The van der Waals surface area contributed by atoms with Crippen LogP contribution in [-0.2, 0) is 9.47 Å². The maximum atomic E-state index is 13.6. The zero-order chi connectivity index (χ0) is 62.0. The second-order valence-corrected chi connectivity index (χ2v) is 23.1. The molecule has 5 N–H and O–H groups in total. The van der Waals surface area contributed by atoms with Gasteiger partial charge in [-0.3, -0.25) is 15.0 Å². The van der Waals surface area contributed by atoms with Crippen molar-refractivity contribution in [2.45, 2.75) is 109 Å². The number of carbonyl (C=O) groups is 2. The van der Waals surface area contributed by atoms with Crippen molar-refractivity contribution in [3.63, 3.8) is 0 Å². The summed E-state index contributed by atoms with van der Waals surface area (Å²) in [6.45, 7) is 10.5. The summed E-state index contributed by atoms with van der Waals surface area (Å²) >= 11 is 3.41. The average molecular weight is 1240 g/mol. The summed E-state index contributed by atoms with van der Waals surface area (Å²) < 4.78 is 129. The minimum atomic E-state index is -4.41. The van der Waals surface area contributed by atoms with Crippen LogP contribution in [0.3, 0.4) is 0 Å². The number of alkyl carbamates (subject to hydrolysis) is 2. The van der Waals surface area contributed by atoms with Gasteiger partial charge in [0.2, 0.25) is 0 Å². The van der Waals surface area contributed by atoms with Gasteiger partial charge in [0.05, 0.1) is 57.0 Å². The Morgan fingerprint density at radius 2 is 0.952 bits per heavy atom. The fourth-order valence-electron chi connectivity index (χ4n) is 9.73. The van der Waals surface area contributed by atoms with E-state index < -0.39 is 77.8 Å². The number of carbonyl (C=O) groups excluding carboxylic acids is 2. The molecule has 0 aliphatic carbocycles. The molecule has 3 aromatic heterocycles. The number of rotatable bonds is 4. The van der Waals surface area contributed by atoms with Gasteiger partial charge in [-0.15, -0.1) is 0 Å². The third-order valence-corrected chi connectivity index (χ3v) is 14.1. The van der Waals surface area contributed by atoms with Crippen molar-refractivity contribution < 1.29 is 58.6 Å². The van der Waals surface area contributed by atoms with Gasteiger partial charge >= 0.3 is 30.7 Å². The summed E-state index contributed by atoms with van der Waals surface area (Å²) in [5, 5.41) is 37.2. The highest BCUT2D eigenvalue weighted by molar-refractivity contribution is 9.10. The number of amides is 2. The quantitative estimate of drug-likeness (QED) is 0.120. The molecule has 16 nitrogen and oxygen atoms in total. The first kappa shape index (κ1) is 65.4. The Kier molecular flexibility index (Phi) is 21.3. The molecule has 3 fully saturated rings. The zero-order valence-corrected chi connectivity index (χ0v) is 48.1. The van der Waals surface area contributed by atoms with E-state index in [1.807, 2.05) is 18.2 Å². The van der Waals surface area contributed by atoms with E-state index in [0.717, 1.165) is 15.4 Å². The number of ether oxygens (including phenoxy) is 2. The van der Waals surface area contributed by atoms with Gasteiger partial charge in [0.1, 0.15) is 29.4 Å². The van der Waals surface area contributed by atoms with Crippen LogP contribution in [-0.4, -0.2) is 114 Å². The van der Waals surface area contributed by atoms with Crippen molar-refractivity contribution in [3.8, 4) is 18.2 Å². The average Bonchev–Trinajstić information content (AvgIpc) is 1.69. The van der Waals surface area contributed by atoms with Crippen LogP contribution in [0, 0.1) is 51.7 Å². The number of pyridine rings is 3. The van der Waals surface area contributed by atoms with Gasteiger partial charge in [-0.05, 0) is 128 Å². The molecule has 2 amide bonds. The summed E-state index contributed by atoms with van der Waals surface area (Å²) in [7, 11) is 0. The number of hydrogen-bond donors (Lipinski definition) is 4. The van der Waals surface area contributed by atoms with E-state index in [1.54, 1.807) is 118 Å². The molecular formula is C58H62BrF9N12O4. The van der Waals surface area contributed by atoms with Crippen LogP contribution in [0.1, 0.15) is 77.5 Å². The van der Waals surface area contributed by atoms with Gasteiger partial charge in [0.15, 0.2) is 0 Å². The van der Waals surface area contributed by atoms with E-state index in [4.69, 9.17) is 25.7 Å². The number of fused-ring (bicyclic) bond motifs is 3. The SMILES string of the molecule is CC(C)(C)OC(=O)NC1CC(C(F)(F)F)CN(c2ccc(C#N)c3ncccc23)C1.CC(C)(C)OC(=O)NC1CNCC(C(F)(F)F)C1.N#Cc1ccc(Br)c2cccnc12.N#Cc1ccc(N2CC(N)CC(C(F)(F)F)C2)c2cccnc12. The van der Waals surface area contributed by atoms with Crippen LogP contribution >= 0.6 is 15.9 Å². The van der Waals surface area contributed by atoms with Crippen molar-refractivity contribution in [2.24, 2.45) is 23.5 Å².